The Labute approximate surface area is 83.5 Å². The molecule has 1 aromatic rings. The average Bonchev–Trinajstić information content (AvgIpc) is 2.51. The summed E-state index contributed by atoms with van der Waals surface area (Å²) in [6.45, 7) is 1.74. The van der Waals surface area contributed by atoms with Gasteiger partial charge in [-0.1, -0.05) is 6.92 Å². The van der Waals surface area contributed by atoms with E-state index in [0.717, 1.165) is 25.0 Å². The van der Waals surface area contributed by atoms with E-state index in [2.05, 4.69) is 5.10 Å². The monoisotopic (exact) mass is 196 g/mol. The van der Waals surface area contributed by atoms with Crippen molar-refractivity contribution >= 4 is 5.97 Å². The molecule has 0 saturated heterocycles. The summed E-state index contributed by atoms with van der Waals surface area (Å²) in [6, 6.07) is 1.96. The van der Waals surface area contributed by atoms with Gasteiger partial charge in [0.05, 0.1) is 5.92 Å². The van der Waals surface area contributed by atoms with E-state index in [1.807, 2.05) is 17.8 Å². The van der Waals surface area contributed by atoms with E-state index in [1.54, 1.807) is 13.1 Å². The first kappa shape index (κ1) is 10.8. The van der Waals surface area contributed by atoms with Crippen molar-refractivity contribution in [1.29, 1.82) is 0 Å². The van der Waals surface area contributed by atoms with Gasteiger partial charge in [0.2, 0.25) is 0 Å². The Morgan fingerprint density at radius 3 is 2.93 bits per heavy atom. The van der Waals surface area contributed by atoms with Crippen LogP contribution in [0.4, 0.5) is 0 Å². The molecule has 0 bridgehead atoms. The first-order valence-electron chi connectivity index (χ1n) is 4.81. The van der Waals surface area contributed by atoms with Gasteiger partial charge in [0.15, 0.2) is 0 Å². The van der Waals surface area contributed by atoms with Crippen molar-refractivity contribution in [3.8, 4) is 0 Å². The molecule has 0 aliphatic rings. The van der Waals surface area contributed by atoms with Crippen LogP contribution in [-0.2, 0) is 18.3 Å². The maximum atomic E-state index is 10.5. The summed E-state index contributed by atoms with van der Waals surface area (Å²) in [5.74, 6) is -0.960. The SMILES string of the molecule is CC(CCCc1ccnn1C)C(=O)O. The number of aromatic nitrogens is 2. The lowest BCUT2D eigenvalue weighted by atomic mass is 10.0. The molecule has 0 aromatic carbocycles. The lowest BCUT2D eigenvalue weighted by Crippen LogP contribution is -2.09. The normalized spacial score (nSPS) is 12.7. The standard InChI is InChI=1S/C10H16N2O2/c1-8(10(13)14)4-3-5-9-6-7-11-12(9)2/h6-8H,3-5H2,1-2H3,(H,13,14). The highest BCUT2D eigenvalue weighted by Crippen LogP contribution is 2.09. The fourth-order valence-corrected chi connectivity index (χ4v) is 1.36. The van der Waals surface area contributed by atoms with Crippen molar-refractivity contribution in [1.82, 2.24) is 9.78 Å². The van der Waals surface area contributed by atoms with Crippen LogP contribution in [0.1, 0.15) is 25.5 Å². The number of hydrogen-bond acceptors (Lipinski definition) is 2. The van der Waals surface area contributed by atoms with Gasteiger partial charge >= 0.3 is 5.97 Å². The molecule has 0 spiro atoms. The van der Waals surface area contributed by atoms with Gasteiger partial charge in [-0.2, -0.15) is 5.10 Å². The van der Waals surface area contributed by atoms with Crippen molar-refractivity contribution in [2.45, 2.75) is 26.2 Å². The molecule has 0 saturated carbocycles. The fraction of sp³-hybridized carbons (Fsp3) is 0.600. The maximum absolute atomic E-state index is 10.5. The van der Waals surface area contributed by atoms with Gasteiger partial charge < -0.3 is 5.11 Å². The van der Waals surface area contributed by atoms with Crippen LogP contribution in [0.3, 0.4) is 0 Å². The third-order valence-electron chi connectivity index (χ3n) is 2.41. The number of nitrogens with zero attached hydrogens (tertiary/aromatic N) is 2. The van der Waals surface area contributed by atoms with Gasteiger partial charge in [0, 0.05) is 18.9 Å². The van der Waals surface area contributed by atoms with Crippen LogP contribution in [0, 0.1) is 5.92 Å². The lowest BCUT2D eigenvalue weighted by molar-refractivity contribution is -0.141. The molecule has 0 radical (unpaired) electrons. The van der Waals surface area contributed by atoms with Crippen LogP contribution < -0.4 is 0 Å². The molecule has 0 amide bonds. The summed E-state index contributed by atoms with van der Waals surface area (Å²) in [7, 11) is 1.90. The van der Waals surface area contributed by atoms with E-state index in [-0.39, 0.29) is 5.92 Å². The predicted octanol–water partition coefficient (Wildman–Crippen LogP) is 1.46. The molecule has 1 unspecified atom stereocenters. The van der Waals surface area contributed by atoms with Crippen molar-refractivity contribution < 1.29 is 9.90 Å². The molecular weight excluding hydrogens is 180 g/mol. The van der Waals surface area contributed by atoms with Gasteiger partial charge in [0.1, 0.15) is 0 Å². The Hall–Kier alpha value is -1.32. The highest BCUT2D eigenvalue weighted by atomic mass is 16.4. The summed E-state index contributed by atoms with van der Waals surface area (Å²) < 4.78 is 1.82. The third kappa shape index (κ3) is 2.87. The molecule has 0 fully saturated rings. The molecule has 0 aliphatic carbocycles. The van der Waals surface area contributed by atoms with Crippen LogP contribution in [0.25, 0.3) is 0 Å². The quantitative estimate of drug-likeness (QED) is 0.775. The summed E-state index contributed by atoms with van der Waals surface area (Å²) in [6.07, 6.45) is 4.28. The number of carboxylic acids is 1. The summed E-state index contributed by atoms with van der Waals surface area (Å²) >= 11 is 0. The second-order valence-electron chi connectivity index (χ2n) is 3.58. The lowest BCUT2D eigenvalue weighted by Gasteiger charge is -2.05. The van der Waals surface area contributed by atoms with Crippen LogP contribution in [0.2, 0.25) is 0 Å². The Kier molecular flexibility index (Phi) is 3.68. The molecule has 4 nitrogen and oxygen atoms in total. The highest BCUT2D eigenvalue weighted by Gasteiger charge is 2.10. The van der Waals surface area contributed by atoms with Crippen LogP contribution in [-0.4, -0.2) is 20.9 Å². The molecule has 1 heterocycles. The van der Waals surface area contributed by atoms with Crippen molar-refractivity contribution in [3.63, 3.8) is 0 Å². The average molecular weight is 196 g/mol. The minimum atomic E-state index is -0.713. The minimum Gasteiger partial charge on any atom is -0.481 e. The first-order chi connectivity index (χ1) is 6.61. The topological polar surface area (TPSA) is 55.1 Å². The number of hydrogen-bond donors (Lipinski definition) is 1. The zero-order valence-electron chi connectivity index (χ0n) is 8.60. The first-order valence-corrected chi connectivity index (χ1v) is 4.81. The summed E-state index contributed by atoms with van der Waals surface area (Å²) in [5.41, 5.74) is 1.16. The summed E-state index contributed by atoms with van der Waals surface area (Å²) in [5, 5.41) is 12.7. The molecule has 1 atom stereocenters. The Balaban J connectivity index is 2.29. The van der Waals surface area contributed by atoms with E-state index in [9.17, 15) is 4.79 Å². The molecule has 0 aliphatic heterocycles. The van der Waals surface area contributed by atoms with Gasteiger partial charge in [-0.3, -0.25) is 9.48 Å². The highest BCUT2D eigenvalue weighted by molar-refractivity contribution is 5.69. The number of rotatable bonds is 5. The van der Waals surface area contributed by atoms with Gasteiger partial charge in [-0.05, 0) is 25.3 Å². The number of carbonyl (C=O) groups is 1. The molecule has 14 heavy (non-hydrogen) atoms. The van der Waals surface area contributed by atoms with Gasteiger partial charge in [-0.25, -0.2) is 0 Å². The molecule has 78 valence electrons. The van der Waals surface area contributed by atoms with E-state index < -0.39 is 5.97 Å². The Morgan fingerprint density at radius 1 is 1.71 bits per heavy atom. The summed E-state index contributed by atoms with van der Waals surface area (Å²) in [4.78, 5) is 10.5. The molecule has 1 N–H and O–H groups in total. The second-order valence-corrected chi connectivity index (χ2v) is 3.58. The zero-order valence-corrected chi connectivity index (χ0v) is 8.60. The van der Waals surface area contributed by atoms with Crippen LogP contribution >= 0.6 is 0 Å². The van der Waals surface area contributed by atoms with E-state index in [1.165, 1.54) is 0 Å². The van der Waals surface area contributed by atoms with Crippen molar-refractivity contribution in [3.05, 3.63) is 18.0 Å². The number of aliphatic carboxylic acids is 1. The van der Waals surface area contributed by atoms with E-state index >= 15 is 0 Å². The van der Waals surface area contributed by atoms with E-state index in [4.69, 9.17) is 5.11 Å². The second kappa shape index (κ2) is 4.79. The number of aryl methyl sites for hydroxylation is 2. The van der Waals surface area contributed by atoms with Crippen LogP contribution in [0.15, 0.2) is 12.3 Å². The molecule has 1 aromatic heterocycles. The van der Waals surface area contributed by atoms with Crippen LogP contribution in [0.5, 0.6) is 0 Å². The molecule has 4 heteroatoms. The Morgan fingerprint density at radius 2 is 2.43 bits per heavy atom. The molecular formula is C10H16N2O2. The largest absolute Gasteiger partial charge is 0.481 e. The van der Waals surface area contributed by atoms with Gasteiger partial charge in [0.25, 0.3) is 0 Å². The smallest absolute Gasteiger partial charge is 0.306 e. The molecule has 1 rings (SSSR count). The maximum Gasteiger partial charge on any atom is 0.306 e. The minimum absolute atomic E-state index is 0.247. The van der Waals surface area contributed by atoms with E-state index in [0.29, 0.717) is 0 Å². The number of carboxylic acid groups (broad SMARTS) is 1. The third-order valence-corrected chi connectivity index (χ3v) is 2.41. The van der Waals surface area contributed by atoms with Crippen molar-refractivity contribution in [2.24, 2.45) is 13.0 Å². The Bertz CT molecular complexity index is 307. The zero-order chi connectivity index (χ0) is 10.6. The van der Waals surface area contributed by atoms with Crippen molar-refractivity contribution in [2.75, 3.05) is 0 Å². The fourth-order valence-electron chi connectivity index (χ4n) is 1.36. The van der Waals surface area contributed by atoms with Gasteiger partial charge in [-0.15, -0.1) is 0 Å². The predicted molar refractivity (Wildman–Crippen MR) is 52.9 cm³/mol.